The zero-order valence-corrected chi connectivity index (χ0v) is 10.9. The normalized spacial score (nSPS) is 12.1. The lowest BCUT2D eigenvalue weighted by Gasteiger charge is -2.26. The standard InChI is InChI=1S/C14H22N2/c1-6-7-11-9-8-10(2)12(13(11)16-15)14(3,4)5/h6-9,16H,15H2,1-5H3/b7-6-. The van der Waals surface area contributed by atoms with Crippen LogP contribution in [0.2, 0.25) is 0 Å². The van der Waals surface area contributed by atoms with E-state index in [2.05, 4.69) is 51.3 Å². The van der Waals surface area contributed by atoms with Gasteiger partial charge >= 0.3 is 0 Å². The number of nitrogens with two attached hydrogens (primary N) is 1. The van der Waals surface area contributed by atoms with Gasteiger partial charge in [0.05, 0.1) is 5.69 Å². The third-order valence-electron chi connectivity index (χ3n) is 2.69. The van der Waals surface area contributed by atoms with Gasteiger partial charge in [-0.05, 0) is 36.0 Å². The molecule has 3 N–H and O–H groups in total. The van der Waals surface area contributed by atoms with Gasteiger partial charge < -0.3 is 5.43 Å². The average Bonchev–Trinajstić information content (AvgIpc) is 2.18. The molecule has 0 spiro atoms. The van der Waals surface area contributed by atoms with Crippen molar-refractivity contribution in [3.63, 3.8) is 0 Å². The minimum Gasteiger partial charge on any atom is -0.323 e. The molecular weight excluding hydrogens is 196 g/mol. The molecule has 0 aromatic heterocycles. The van der Waals surface area contributed by atoms with Crippen molar-refractivity contribution in [1.82, 2.24) is 0 Å². The van der Waals surface area contributed by atoms with Gasteiger partial charge in [0.15, 0.2) is 0 Å². The minimum atomic E-state index is 0.0867. The van der Waals surface area contributed by atoms with Gasteiger partial charge in [-0.1, -0.05) is 45.1 Å². The van der Waals surface area contributed by atoms with Gasteiger partial charge in [-0.15, -0.1) is 0 Å². The summed E-state index contributed by atoms with van der Waals surface area (Å²) in [4.78, 5) is 0. The Morgan fingerprint density at radius 1 is 1.25 bits per heavy atom. The molecular formula is C14H22N2. The number of nitrogens with one attached hydrogen (secondary N) is 1. The number of hydrazine groups is 1. The SMILES string of the molecule is C/C=C\c1ccc(C)c(C(C)(C)C)c1NN. The van der Waals surface area contributed by atoms with Crippen molar-refractivity contribution in [2.24, 2.45) is 5.84 Å². The zero-order chi connectivity index (χ0) is 12.3. The number of anilines is 1. The van der Waals surface area contributed by atoms with Gasteiger partial charge in [0.2, 0.25) is 0 Å². The van der Waals surface area contributed by atoms with Crippen LogP contribution in [0.4, 0.5) is 5.69 Å². The van der Waals surface area contributed by atoms with Crippen LogP contribution in [0.3, 0.4) is 0 Å². The first kappa shape index (κ1) is 12.8. The summed E-state index contributed by atoms with van der Waals surface area (Å²) in [6, 6.07) is 4.25. The molecule has 0 aliphatic rings. The molecule has 0 aliphatic heterocycles. The molecule has 88 valence electrons. The van der Waals surface area contributed by atoms with Crippen molar-refractivity contribution < 1.29 is 0 Å². The zero-order valence-electron chi connectivity index (χ0n) is 10.9. The third-order valence-corrected chi connectivity index (χ3v) is 2.69. The highest BCUT2D eigenvalue weighted by atomic mass is 15.2. The fourth-order valence-electron chi connectivity index (χ4n) is 2.16. The Morgan fingerprint density at radius 3 is 2.31 bits per heavy atom. The Bertz CT molecular complexity index is 398. The minimum absolute atomic E-state index is 0.0867. The maximum Gasteiger partial charge on any atom is 0.0597 e. The molecule has 0 fully saturated rings. The smallest absolute Gasteiger partial charge is 0.0597 e. The lowest BCUT2D eigenvalue weighted by atomic mass is 9.81. The maximum atomic E-state index is 5.66. The van der Waals surface area contributed by atoms with Crippen LogP contribution < -0.4 is 11.3 Å². The molecule has 1 aromatic rings. The maximum absolute atomic E-state index is 5.66. The molecule has 0 saturated heterocycles. The quantitative estimate of drug-likeness (QED) is 0.588. The summed E-state index contributed by atoms with van der Waals surface area (Å²) in [5.41, 5.74) is 7.66. The number of benzene rings is 1. The summed E-state index contributed by atoms with van der Waals surface area (Å²) in [6.45, 7) is 10.7. The van der Waals surface area contributed by atoms with Crippen LogP contribution in [-0.4, -0.2) is 0 Å². The third kappa shape index (κ3) is 2.45. The lowest BCUT2D eigenvalue weighted by molar-refractivity contribution is 0.587. The summed E-state index contributed by atoms with van der Waals surface area (Å²) < 4.78 is 0. The second-order valence-corrected chi connectivity index (χ2v) is 5.12. The first-order valence-corrected chi connectivity index (χ1v) is 5.65. The number of hydrogen-bond acceptors (Lipinski definition) is 2. The average molecular weight is 218 g/mol. The number of allylic oxidation sites excluding steroid dienone is 1. The number of hydrogen-bond donors (Lipinski definition) is 2. The highest BCUT2D eigenvalue weighted by Crippen LogP contribution is 2.35. The van der Waals surface area contributed by atoms with Crippen LogP contribution in [0, 0.1) is 6.92 Å². The first-order valence-electron chi connectivity index (χ1n) is 5.65. The molecule has 16 heavy (non-hydrogen) atoms. The van der Waals surface area contributed by atoms with Crippen LogP contribution in [-0.2, 0) is 5.41 Å². The predicted molar refractivity (Wildman–Crippen MR) is 72.4 cm³/mol. The predicted octanol–water partition coefficient (Wildman–Crippen LogP) is 3.61. The Labute approximate surface area is 98.5 Å². The Hall–Kier alpha value is -1.28. The summed E-state index contributed by atoms with van der Waals surface area (Å²) in [5, 5.41) is 0. The van der Waals surface area contributed by atoms with Crippen molar-refractivity contribution in [1.29, 1.82) is 0 Å². The fraction of sp³-hybridized carbons (Fsp3) is 0.429. The molecule has 0 saturated carbocycles. The van der Waals surface area contributed by atoms with E-state index in [1.54, 1.807) is 0 Å². The molecule has 0 heterocycles. The lowest BCUT2D eigenvalue weighted by Crippen LogP contribution is -2.20. The second kappa shape index (κ2) is 4.71. The van der Waals surface area contributed by atoms with Crippen LogP contribution in [0.15, 0.2) is 18.2 Å². The number of nitrogen functional groups attached to an aromatic ring is 1. The van der Waals surface area contributed by atoms with Crippen LogP contribution in [0.1, 0.15) is 44.4 Å². The van der Waals surface area contributed by atoms with E-state index in [0.717, 1.165) is 11.3 Å². The molecule has 0 unspecified atom stereocenters. The van der Waals surface area contributed by atoms with E-state index in [0.29, 0.717) is 0 Å². The largest absolute Gasteiger partial charge is 0.323 e. The topological polar surface area (TPSA) is 38.0 Å². The second-order valence-electron chi connectivity index (χ2n) is 5.12. The van der Waals surface area contributed by atoms with Gasteiger partial charge in [0, 0.05) is 0 Å². The van der Waals surface area contributed by atoms with Crippen LogP contribution >= 0.6 is 0 Å². The molecule has 0 radical (unpaired) electrons. The Kier molecular flexibility index (Phi) is 3.76. The molecule has 0 bridgehead atoms. The Morgan fingerprint density at radius 2 is 1.88 bits per heavy atom. The summed E-state index contributed by atoms with van der Waals surface area (Å²) >= 11 is 0. The van der Waals surface area contributed by atoms with E-state index < -0.39 is 0 Å². The molecule has 1 rings (SSSR count). The van der Waals surface area contributed by atoms with Gasteiger partial charge in [0.1, 0.15) is 0 Å². The molecule has 1 aromatic carbocycles. The van der Waals surface area contributed by atoms with E-state index in [9.17, 15) is 0 Å². The summed E-state index contributed by atoms with van der Waals surface area (Å²) in [5.74, 6) is 5.66. The van der Waals surface area contributed by atoms with Gasteiger partial charge in [-0.3, -0.25) is 5.84 Å². The van der Waals surface area contributed by atoms with Gasteiger partial charge in [0.25, 0.3) is 0 Å². The van der Waals surface area contributed by atoms with Crippen molar-refractivity contribution >= 4 is 11.8 Å². The van der Waals surface area contributed by atoms with E-state index in [-0.39, 0.29) is 5.41 Å². The van der Waals surface area contributed by atoms with Gasteiger partial charge in [-0.2, -0.15) is 0 Å². The van der Waals surface area contributed by atoms with E-state index in [1.165, 1.54) is 11.1 Å². The van der Waals surface area contributed by atoms with E-state index >= 15 is 0 Å². The van der Waals surface area contributed by atoms with Crippen molar-refractivity contribution in [3.8, 4) is 0 Å². The number of aryl methyl sites for hydroxylation is 1. The van der Waals surface area contributed by atoms with Crippen molar-refractivity contribution in [2.75, 3.05) is 5.43 Å². The number of rotatable bonds is 2. The Balaban J connectivity index is 3.51. The molecule has 0 aliphatic carbocycles. The molecule has 0 amide bonds. The summed E-state index contributed by atoms with van der Waals surface area (Å²) in [7, 11) is 0. The van der Waals surface area contributed by atoms with E-state index in [4.69, 9.17) is 5.84 Å². The highest BCUT2D eigenvalue weighted by molar-refractivity contribution is 5.72. The van der Waals surface area contributed by atoms with E-state index in [1.807, 2.05) is 13.0 Å². The van der Waals surface area contributed by atoms with Crippen molar-refractivity contribution in [3.05, 3.63) is 34.9 Å². The van der Waals surface area contributed by atoms with Crippen LogP contribution in [0.25, 0.3) is 6.08 Å². The van der Waals surface area contributed by atoms with Gasteiger partial charge in [-0.25, -0.2) is 0 Å². The molecule has 0 atom stereocenters. The summed E-state index contributed by atoms with van der Waals surface area (Å²) in [6.07, 6.45) is 4.10. The van der Waals surface area contributed by atoms with Crippen molar-refractivity contribution in [2.45, 2.75) is 40.0 Å². The molecule has 2 nitrogen and oxygen atoms in total. The molecule has 2 heteroatoms. The monoisotopic (exact) mass is 218 g/mol. The van der Waals surface area contributed by atoms with Crippen LogP contribution in [0.5, 0.6) is 0 Å². The first-order chi connectivity index (χ1) is 7.41. The highest BCUT2D eigenvalue weighted by Gasteiger charge is 2.21. The fourth-order valence-corrected chi connectivity index (χ4v) is 2.16.